The first-order valence-electron chi connectivity index (χ1n) is 12.7. The second kappa shape index (κ2) is 6.92. The van der Waals surface area contributed by atoms with Crippen LogP contribution >= 0.6 is 0 Å². The Morgan fingerprint density at radius 2 is 1.72 bits per heavy atom. The topological polar surface area (TPSA) is 94.5 Å². The van der Waals surface area contributed by atoms with Gasteiger partial charge in [0, 0.05) is 12.1 Å². The van der Waals surface area contributed by atoms with Gasteiger partial charge in [0.25, 0.3) is 5.91 Å². The number of pyridine rings is 1. The average molecular weight is 440 g/mol. The number of carbonyl (C=O) groups is 1. The summed E-state index contributed by atoms with van der Waals surface area (Å²) in [5.41, 5.74) is 2.64. The lowest BCUT2D eigenvalue weighted by Crippen LogP contribution is -2.62. The molecule has 0 saturated heterocycles. The number of aliphatic hydroxyl groups is 2. The van der Waals surface area contributed by atoms with Crippen LogP contribution in [-0.2, 0) is 0 Å². The number of fused-ring (bicyclic) bond motifs is 2. The third-order valence-electron chi connectivity index (χ3n) is 9.03. The first-order valence-corrected chi connectivity index (χ1v) is 12.7. The monoisotopic (exact) mass is 439 g/mol. The predicted molar refractivity (Wildman–Crippen MR) is 123 cm³/mol. The van der Waals surface area contributed by atoms with Gasteiger partial charge < -0.3 is 20.8 Å². The molecule has 0 aliphatic heterocycles. The maximum Gasteiger partial charge on any atom is 0.270 e. The van der Waals surface area contributed by atoms with Gasteiger partial charge in [0.1, 0.15) is 5.69 Å². The van der Waals surface area contributed by atoms with Crippen molar-refractivity contribution in [3.63, 3.8) is 0 Å². The first kappa shape index (κ1) is 20.9. The van der Waals surface area contributed by atoms with Crippen LogP contribution in [0.15, 0.2) is 6.20 Å². The highest BCUT2D eigenvalue weighted by Crippen LogP contribution is 2.59. The Morgan fingerprint density at radius 3 is 2.31 bits per heavy atom. The third kappa shape index (κ3) is 3.45. The molecule has 7 aliphatic rings. The van der Waals surface area contributed by atoms with Crippen molar-refractivity contribution in [3.05, 3.63) is 23.0 Å². The average Bonchev–Trinajstić information content (AvgIpc) is 2.70. The van der Waals surface area contributed by atoms with Gasteiger partial charge in [-0.2, -0.15) is 0 Å². The molecule has 6 heteroatoms. The number of aromatic nitrogens is 1. The Bertz CT molecular complexity index is 930. The van der Waals surface area contributed by atoms with Crippen LogP contribution in [0.2, 0.25) is 0 Å². The molecule has 8 rings (SSSR count). The van der Waals surface area contributed by atoms with Gasteiger partial charge in [0.2, 0.25) is 0 Å². The fourth-order valence-electron chi connectivity index (χ4n) is 8.37. The van der Waals surface area contributed by atoms with Gasteiger partial charge in [-0.25, -0.2) is 4.98 Å². The highest BCUT2D eigenvalue weighted by atomic mass is 16.3. The fraction of sp³-hybridized carbons (Fsp3) is 0.769. The molecule has 32 heavy (non-hydrogen) atoms. The Balaban J connectivity index is 1.35. The van der Waals surface area contributed by atoms with Crippen molar-refractivity contribution < 1.29 is 15.0 Å². The van der Waals surface area contributed by atoms with E-state index in [1.165, 1.54) is 24.8 Å². The Hall–Kier alpha value is -1.66. The molecule has 0 radical (unpaired) electrons. The molecule has 2 unspecified atom stereocenters. The summed E-state index contributed by atoms with van der Waals surface area (Å²) in [4.78, 5) is 17.8. The van der Waals surface area contributed by atoms with Gasteiger partial charge in [0.15, 0.2) is 0 Å². The number of nitrogens with one attached hydrogen (secondary N) is 2. The van der Waals surface area contributed by atoms with Crippen LogP contribution in [-0.4, -0.2) is 44.4 Å². The van der Waals surface area contributed by atoms with E-state index in [0.29, 0.717) is 29.4 Å². The van der Waals surface area contributed by atoms with Gasteiger partial charge in [-0.3, -0.25) is 4.79 Å². The maximum absolute atomic E-state index is 13.1. The van der Waals surface area contributed by atoms with E-state index in [1.807, 2.05) is 6.20 Å². The standard InChI is InChI=1S/C26H37N3O3/c1-24(2,31)14-28-23(30)22-21-18-5-3-17(4-6-18)20(21)19(12-27-22)29-25-8-15-7-16(9-25)11-26(32,10-15)13-25/h12,15-18,29,31-32H,3-11,13-14H2,1-2H3,(H,28,30). The smallest absolute Gasteiger partial charge is 0.270 e. The molecule has 2 atom stereocenters. The second-order valence-corrected chi connectivity index (χ2v) is 12.5. The molecule has 1 amide bonds. The molecular formula is C26H37N3O3. The largest absolute Gasteiger partial charge is 0.390 e. The molecule has 6 bridgehead atoms. The predicted octanol–water partition coefficient (Wildman–Crippen LogP) is 3.83. The molecule has 7 aliphatic carbocycles. The summed E-state index contributed by atoms with van der Waals surface area (Å²) in [6.45, 7) is 3.61. The zero-order valence-electron chi connectivity index (χ0n) is 19.4. The summed E-state index contributed by atoms with van der Waals surface area (Å²) in [5.74, 6) is 1.96. The van der Waals surface area contributed by atoms with Crippen LogP contribution < -0.4 is 10.6 Å². The van der Waals surface area contributed by atoms with Crippen molar-refractivity contribution in [2.75, 3.05) is 11.9 Å². The number of amides is 1. The Morgan fingerprint density at radius 1 is 1.09 bits per heavy atom. The summed E-state index contributed by atoms with van der Waals surface area (Å²) >= 11 is 0. The molecule has 1 heterocycles. The molecule has 0 aromatic carbocycles. The number of anilines is 1. The molecule has 5 saturated carbocycles. The normalized spacial score (nSPS) is 39.1. The Labute approximate surface area is 190 Å². The zero-order chi connectivity index (χ0) is 22.3. The van der Waals surface area contributed by atoms with E-state index in [-0.39, 0.29) is 18.0 Å². The van der Waals surface area contributed by atoms with Crippen molar-refractivity contribution in [2.45, 2.75) is 107 Å². The van der Waals surface area contributed by atoms with E-state index in [1.54, 1.807) is 13.8 Å². The minimum Gasteiger partial charge on any atom is -0.390 e. The fourth-order valence-corrected chi connectivity index (χ4v) is 8.37. The quantitative estimate of drug-likeness (QED) is 0.559. The maximum atomic E-state index is 13.1. The van der Waals surface area contributed by atoms with Crippen molar-refractivity contribution in [1.82, 2.24) is 10.3 Å². The van der Waals surface area contributed by atoms with E-state index in [0.717, 1.165) is 56.2 Å². The summed E-state index contributed by atoms with van der Waals surface area (Å²) in [7, 11) is 0. The summed E-state index contributed by atoms with van der Waals surface area (Å²) in [6, 6.07) is 0. The molecule has 1 aromatic rings. The lowest BCUT2D eigenvalue weighted by molar-refractivity contribution is -0.127. The van der Waals surface area contributed by atoms with Gasteiger partial charge in [-0.05, 0) is 113 Å². The molecular weight excluding hydrogens is 402 g/mol. The zero-order valence-corrected chi connectivity index (χ0v) is 19.4. The molecule has 4 N–H and O–H groups in total. The van der Waals surface area contributed by atoms with E-state index in [2.05, 4.69) is 10.6 Å². The molecule has 6 nitrogen and oxygen atoms in total. The number of rotatable bonds is 5. The van der Waals surface area contributed by atoms with Crippen molar-refractivity contribution in [2.24, 2.45) is 11.8 Å². The van der Waals surface area contributed by atoms with Gasteiger partial charge >= 0.3 is 0 Å². The molecule has 5 fully saturated rings. The minimum absolute atomic E-state index is 0.0321. The third-order valence-corrected chi connectivity index (χ3v) is 9.03. The SMILES string of the molecule is CC(C)(O)CNC(=O)c1ncc(NC23CC4CC(CC(O)(C4)C2)C3)c2c1C1CCC2CC1. The summed E-state index contributed by atoms with van der Waals surface area (Å²) in [5, 5.41) is 28.1. The van der Waals surface area contributed by atoms with Crippen LogP contribution in [0.25, 0.3) is 0 Å². The lowest BCUT2D eigenvalue weighted by Gasteiger charge is -2.60. The van der Waals surface area contributed by atoms with Gasteiger partial charge in [0.05, 0.1) is 23.1 Å². The van der Waals surface area contributed by atoms with Crippen LogP contribution in [0.5, 0.6) is 0 Å². The number of hydrogen-bond donors (Lipinski definition) is 4. The molecule has 1 aromatic heterocycles. The number of nitrogens with zero attached hydrogens (tertiary/aromatic N) is 1. The van der Waals surface area contributed by atoms with Crippen molar-refractivity contribution >= 4 is 11.6 Å². The van der Waals surface area contributed by atoms with Crippen molar-refractivity contribution in [3.8, 4) is 0 Å². The van der Waals surface area contributed by atoms with Crippen molar-refractivity contribution in [1.29, 1.82) is 0 Å². The van der Waals surface area contributed by atoms with Crippen LogP contribution in [0.1, 0.15) is 112 Å². The summed E-state index contributed by atoms with van der Waals surface area (Å²) in [6.07, 6.45) is 12.8. The van der Waals surface area contributed by atoms with Gasteiger partial charge in [-0.15, -0.1) is 0 Å². The van der Waals surface area contributed by atoms with Crippen LogP contribution in [0.3, 0.4) is 0 Å². The van der Waals surface area contributed by atoms with Crippen LogP contribution in [0.4, 0.5) is 5.69 Å². The first-order chi connectivity index (χ1) is 15.1. The van der Waals surface area contributed by atoms with E-state index < -0.39 is 11.2 Å². The van der Waals surface area contributed by atoms with E-state index in [4.69, 9.17) is 4.98 Å². The molecule has 174 valence electrons. The van der Waals surface area contributed by atoms with Crippen LogP contribution in [0, 0.1) is 11.8 Å². The van der Waals surface area contributed by atoms with E-state index >= 15 is 0 Å². The molecule has 0 spiro atoms. The minimum atomic E-state index is -0.949. The highest BCUT2D eigenvalue weighted by Gasteiger charge is 2.57. The second-order valence-electron chi connectivity index (χ2n) is 12.5. The number of hydrogen-bond acceptors (Lipinski definition) is 5. The van der Waals surface area contributed by atoms with E-state index in [9.17, 15) is 15.0 Å². The van der Waals surface area contributed by atoms with Gasteiger partial charge in [-0.1, -0.05) is 0 Å². The Kier molecular flexibility index (Phi) is 4.52. The number of carbonyl (C=O) groups excluding carboxylic acids is 1. The highest BCUT2D eigenvalue weighted by molar-refractivity contribution is 5.95. The lowest BCUT2D eigenvalue weighted by atomic mass is 9.51. The summed E-state index contributed by atoms with van der Waals surface area (Å²) < 4.78 is 0.